The minimum absolute atomic E-state index is 0.0496. The van der Waals surface area contributed by atoms with Gasteiger partial charge in [0.2, 0.25) is 0 Å². The number of carbonyl (C=O) groups is 3. The molecule has 7 nitrogen and oxygen atoms in total. The van der Waals surface area contributed by atoms with Gasteiger partial charge in [0.05, 0.1) is 19.1 Å². The van der Waals surface area contributed by atoms with E-state index in [0.717, 1.165) is 5.57 Å². The fourth-order valence-electron chi connectivity index (χ4n) is 7.41. The van der Waals surface area contributed by atoms with Crippen LogP contribution in [0.1, 0.15) is 39.5 Å². The van der Waals surface area contributed by atoms with Crippen LogP contribution < -0.4 is 0 Å². The van der Waals surface area contributed by atoms with Crippen LogP contribution in [0.15, 0.2) is 23.8 Å². The highest BCUT2D eigenvalue weighted by molar-refractivity contribution is 6.01. The highest BCUT2D eigenvalue weighted by atomic mass is 16.5. The number of Topliss-reactive ketones (excluding diaryl/α,β-unsaturated/α-hetero) is 1. The van der Waals surface area contributed by atoms with E-state index in [2.05, 4.69) is 0 Å². The number of methoxy groups -OCH3 is 1. The summed E-state index contributed by atoms with van der Waals surface area (Å²) in [6.45, 7) is 2.90. The third-order valence-corrected chi connectivity index (χ3v) is 8.80. The van der Waals surface area contributed by atoms with Crippen LogP contribution in [0, 0.1) is 34.5 Å². The summed E-state index contributed by atoms with van der Waals surface area (Å²) in [5.41, 5.74) is -2.65. The number of ketones is 2. The second-order valence-electron chi connectivity index (χ2n) is 9.87. The standard InChI is InChI=1S/C23H30O7/c1-21-7-6-13(25)8-12(21)4-5-14-15-9-16(20(28)30-3)23(29,18(27)11-24)22(15,2)10-17(26)19(14)21/h6-8,14-17,19,24,26,29H,4-5,9-11H2,1-3H3/t14-,15-,16-,17?,19?,21-,22-,23-/m0/s1. The summed E-state index contributed by atoms with van der Waals surface area (Å²) in [6.07, 6.45) is 6.02. The lowest BCUT2D eigenvalue weighted by atomic mass is 9.46. The number of ether oxygens (including phenoxy) is 1. The Morgan fingerprint density at radius 3 is 2.63 bits per heavy atom. The van der Waals surface area contributed by atoms with Crippen LogP contribution in [0.25, 0.3) is 0 Å². The van der Waals surface area contributed by atoms with Crippen LogP contribution in [0.2, 0.25) is 0 Å². The lowest BCUT2D eigenvalue weighted by molar-refractivity contribution is -0.190. The van der Waals surface area contributed by atoms with E-state index in [9.17, 15) is 29.7 Å². The Hall–Kier alpha value is -1.83. The molecule has 0 aromatic heterocycles. The van der Waals surface area contributed by atoms with Crippen LogP contribution in [-0.2, 0) is 19.1 Å². The molecule has 8 atom stereocenters. The van der Waals surface area contributed by atoms with E-state index in [1.807, 2.05) is 13.0 Å². The molecular weight excluding hydrogens is 388 g/mol. The summed E-state index contributed by atoms with van der Waals surface area (Å²) in [4.78, 5) is 37.2. The molecule has 7 heteroatoms. The second-order valence-corrected chi connectivity index (χ2v) is 9.87. The van der Waals surface area contributed by atoms with Gasteiger partial charge in [0, 0.05) is 16.7 Å². The number of rotatable bonds is 3. The summed E-state index contributed by atoms with van der Waals surface area (Å²) in [5.74, 6) is -3.07. The molecule has 4 rings (SSSR count). The maximum Gasteiger partial charge on any atom is 0.312 e. The fourth-order valence-corrected chi connectivity index (χ4v) is 7.41. The van der Waals surface area contributed by atoms with E-state index in [0.29, 0.717) is 12.8 Å². The highest BCUT2D eigenvalue weighted by Crippen LogP contribution is 2.68. The number of fused-ring (bicyclic) bond motifs is 5. The maximum atomic E-state index is 12.8. The van der Waals surface area contributed by atoms with E-state index < -0.39 is 46.8 Å². The summed E-state index contributed by atoms with van der Waals surface area (Å²) in [7, 11) is 1.22. The average molecular weight is 418 g/mol. The van der Waals surface area contributed by atoms with Crippen LogP contribution in [0.4, 0.5) is 0 Å². The number of hydrogen-bond donors (Lipinski definition) is 3. The third-order valence-electron chi connectivity index (χ3n) is 8.80. The van der Waals surface area contributed by atoms with Gasteiger partial charge in [-0.25, -0.2) is 0 Å². The molecule has 0 aliphatic heterocycles. The molecule has 164 valence electrons. The molecule has 0 aromatic carbocycles. The molecule has 2 unspecified atom stereocenters. The fraction of sp³-hybridized carbons (Fsp3) is 0.696. The Morgan fingerprint density at radius 2 is 2.00 bits per heavy atom. The van der Waals surface area contributed by atoms with Gasteiger partial charge >= 0.3 is 5.97 Å². The van der Waals surface area contributed by atoms with Gasteiger partial charge in [-0.05, 0) is 49.7 Å². The lowest BCUT2D eigenvalue weighted by Gasteiger charge is -2.59. The quantitative estimate of drug-likeness (QED) is 0.584. The van der Waals surface area contributed by atoms with Crippen molar-refractivity contribution in [2.24, 2.45) is 34.5 Å². The van der Waals surface area contributed by atoms with Crippen molar-refractivity contribution in [1.29, 1.82) is 0 Å². The zero-order valence-electron chi connectivity index (χ0n) is 17.6. The van der Waals surface area contributed by atoms with Crippen molar-refractivity contribution in [3.63, 3.8) is 0 Å². The van der Waals surface area contributed by atoms with Crippen LogP contribution in [0.5, 0.6) is 0 Å². The van der Waals surface area contributed by atoms with Crippen LogP contribution >= 0.6 is 0 Å². The van der Waals surface area contributed by atoms with Gasteiger partial charge in [-0.1, -0.05) is 25.5 Å². The number of aliphatic hydroxyl groups is 3. The van der Waals surface area contributed by atoms with E-state index in [-0.39, 0.29) is 36.4 Å². The zero-order valence-corrected chi connectivity index (χ0v) is 17.6. The molecule has 0 amide bonds. The van der Waals surface area contributed by atoms with Crippen molar-refractivity contribution in [3.8, 4) is 0 Å². The van der Waals surface area contributed by atoms with Gasteiger partial charge in [-0.2, -0.15) is 0 Å². The van der Waals surface area contributed by atoms with Crippen molar-refractivity contribution < 1.29 is 34.4 Å². The van der Waals surface area contributed by atoms with E-state index in [1.54, 1.807) is 19.1 Å². The smallest absolute Gasteiger partial charge is 0.312 e. The SMILES string of the molecule is COC(=O)[C@@H]1C[C@H]2[C@@H]3CCC4=CC(=O)C=C[C@]4(C)C3C(O)C[C@]2(C)[C@@]1(O)C(=O)CO. The number of aliphatic hydroxyl groups excluding tert-OH is 2. The molecule has 3 saturated carbocycles. The van der Waals surface area contributed by atoms with E-state index >= 15 is 0 Å². The molecule has 0 aromatic rings. The molecule has 0 bridgehead atoms. The zero-order chi connectivity index (χ0) is 22.1. The van der Waals surface area contributed by atoms with E-state index in [1.165, 1.54) is 7.11 Å². The molecule has 4 aliphatic carbocycles. The Labute approximate surface area is 175 Å². The lowest BCUT2D eigenvalue weighted by Crippen LogP contribution is -2.63. The van der Waals surface area contributed by atoms with Crippen molar-refractivity contribution in [1.82, 2.24) is 0 Å². The normalized spacial score (nSPS) is 47.1. The molecule has 4 aliphatic rings. The van der Waals surface area contributed by atoms with Crippen molar-refractivity contribution in [2.45, 2.75) is 51.2 Å². The predicted octanol–water partition coefficient (Wildman–Crippen LogP) is 0.957. The molecule has 0 saturated heterocycles. The van der Waals surface area contributed by atoms with Crippen LogP contribution in [0.3, 0.4) is 0 Å². The van der Waals surface area contributed by atoms with Gasteiger partial charge in [0.1, 0.15) is 12.2 Å². The van der Waals surface area contributed by atoms with E-state index in [4.69, 9.17) is 4.74 Å². The first-order chi connectivity index (χ1) is 14.0. The van der Waals surface area contributed by atoms with Gasteiger partial charge < -0.3 is 20.1 Å². The summed E-state index contributed by atoms with van der Waals surface area (Å²) < 4.78 is 4.90. The van der Waals surface area contributed by atoms with Gasteiger partial charge in [-0.3, -0.25) is 14.4 Å². The molecule has 0 spiro atoms. The first kappa shape index (κ1) is 21.4. The van der Waals surface area contributed by atoms with Gasteiger partial charge in [0.25, 0.3) is 0 Å². The number of carbonyl (C=O) groups excluding carboxylic acids is 3. The Bertz CT molecular complexity index is 860. The Morgan fingerprint density at radius 1 is 1.30 bits per heavy atom. The molecule has 30 heavy (non-hydrogen) atoms. The predicted molar refractivity (Wildman–Crippen MR) is 106 cm³/mol. The Kier molecular flexibility index (Phi) is 4.88. The average Bonchev–Trinajstić information content (AvgIpc) is 2.95. The van der Waals surface area contributed by atoms with Crippen molar-refractivity contribution in [3.05, 3.63) is 23.8 Å². The van der Waals surface area contributed by atoms with Crippen LogP contribution in [-0.4, -0.2) is 58.3 Å². The number of esters is 1. The summed E-state index contributed by atoms with van der Waals surface area (Å²) in [6, 6.07) is 0. The summed E-state index contributed by atoms with van der Waals surface area (Å²) in [5, 5.41) is 32.5. The number of hydrogen-bond acceptors (Lipinski definition) is 7. The topological polar surface area (TPSA) is 121 Å². The minimum atomic E-state index is -2.10. The first-order valence-electron chi connectivity index (χ1n) is 10.6. The molecule has 0 radical (unpaired) electrons. The minimum Gasteiger partial charge on any atom is -0.469 e. The molecule has 0 heterocycles. The van der Waals surface area contributed by atoms with Gasteiger partial charge in [-0.15, -0.1) is 0 Å². The molecule has 3 fully saturated rings. The van der Waals surface area contributed by atoms with Crippen molar-refractivity contribution in [2.75, 3.05) is 13.7 Å². The summed E-state index contributed by atoms with van der Waals surface area (Å²) >= 11 is 0. The maximum absolute atomic E-state index is 12.8. The second kappa shape index (κ2) is 6.84. The van der Waals surface area contributed by atoms with Crippen molar-refractivity contribution >= 4 is 17.5 Å². The molecular formula is C23H30O7. The third kappa shape index (κ3) is 2.52. The molecule has 3 N–H and O–H groups in total. The first-order valence-corrected chi connectivity index (χ1v) is 10.6. The highest BCUT2D eigenvalue weighted by Gasteiger charge is 2.72. The monoisotopic (exact) mass is 418 g/mol. The van der Waals surface area contributed by atoms with Gasteiger partial charge in [0.15, 0.2) is 11.6 Å². The number of allylic oxidation sites excluding steroid dienone is 4. The largest absolute Gasteiger partial charge is 0.469 e. The Balaban J connectivity index is 1.81.